The van der Waals surface area contributed by atoms with Gasteiger partial charge in [0.2, 0.25) is 0 Å². The second-order valence-corrected chi connectivity index (χ2v) is 3.24. The Bertz CT molecular complexity index is 379. The minimum absolute atomic E-state index is 0.198. The molecule has 0 aliphatic heterocycles. The first-order valence-electron chi connectivity index (χ1n) is 4.77. The molecule has 0 saturated heterocycles. The van der Waals surface area contributed by atoms with Gasteiger partial charge in [0.25, 0.3) is 0 Å². The molecule has 1 aromatic rings. The van der Waals surface area contributed by atoms with Gasteiger partial charge in [-0.05, 0) is 30.2 Å². The van der Waals surface area contributed by atoms with Crippen LogP contribution in [0, 0.1) is 0 Å². The van der Waals surface area contributed by atoms with Gasteiger partial charge in [-0.3, -0.25) is 0 Å². The highest BCUT2D eigenvalue weighted by molar-refractivity contribution is 5.89. The average molecular weight is 222 g/mol. The maximum Gasteiger partial charge on any atom is 0.328 e. The number of rotatable bonds is 5. The number of allylic oxidation sites excluding steroid dienone is 1. The average Bonchev–Trinajstić information content (AvgIpc) is 2.26. The molecular weight excluding hydrogens is 208 g/mol. The Morgan fingerprint density at radius 1 is 1.38 bits per heavy atom. The summed E-state index contributed by atoms with van der Waals surface area (Å²) < 4.78 is 9.98. The lowest BCUT2D eigenvalue weighted by atomic mass is 10.1. The van der Waals surface area contributed by atoms with Gasteiger partial charge in [-0.15, -0.1) is 0 Å². The number of carbonyl (C=O) groups is 1. The van der Waals surface area contributed by atoms with E-state index in [1.807, 2.05) is 0 Å². The number of ether oxygens (including phenoxy) is 2. The van der Waals surface area contributed by atoms with E-state index >= 15 is 0 Å². The molecule has 1 N–H and O–H groups in total. The van der Waals surface area contributed by atoms with E-state index in [4.69, 9.17) is 14.6 Å². The van der Waals surface area contributed by atoms with Crippen LogP contribution in [-0.4, -0.2) is 25.0 Å². The van der Waals surface area contributed by atoms with Crippen molar-refractivity contribution < 1.29 is 19.4 Å². The Hall–Kier alpha value is -1.81. The van der Waals surface area contributed by atoms with E-state index in [2.05, 4.69) is 0 Å². The van der Waals surface area contributed by atoms with Gasteiger partial charge in [0, 0.05) is 13.2 Å². The quantitative estimate of drug-likeness (QED) is 0.612. The molecule has 0 atom stereocenters. The van der Waals surface area contributed by atoms with Crippen LogP contribution in [0.25, 0.3) is 5.57 Å². The van der Waals surface area contributed by atoms with E-state index in [1.54, 1.807) is 38.3 Å². The number of benzene rings is 1. The number of hydrogen-bond donors (Lipinski definition) is 1. The molecule has 0 amide bonds. The zero-order valence-electron chi connectivity index (χ0n) is 9.27. The summed E-state index contributed by atoms with van der Waals surface area (Å²) in [5, 5.41) is 8.60. The summed E-state index contributed by atoms with van der Waals surface area (Å²) in [4.78, 5) is 10.5. The summed E-state index contributed by atoms with van der Waals surface area (Å²) in [6.07, 6.45) is 1.17. The highest BCUT2D eigenvalue weighted by Crippen LogP contribution is 2.18. The van der Waals surface area contributed by atoms with Crippen molar-refractivity contribution in [3.05, 3.63) is 35.9 Å². The SMILES string of the molecule is COCOc1ccc(C(C)=CC(=O)O)cc1. The third kappa shape index (κ3) is 3.74. The first-order valence-corrected chi connectivity index (χ1v) is 4.77. The summed E-state index contributed by atoms with van der Waals surface area (Å²) in [6, 6.07) is 7.15. The Kier molecular flexibility index (Phi) is 4.54. The fraction of sp³-hybridized carbons (Fsp3) is 0.250. The van der Waals surface area contributed by atoms with Crippen LogP contribution in [0.1, 0.15) is 12.5 Å². The summed E-state index contributed by atoms with van der Waals surface area (Å²) >= 11 is 0. The monoisotopic (exact) mass is 222 g/mol. The van der Waals surface area contributed by atoms with Crippen LogP contribution >= 0.6 is 0 Å². The molecule has 0 aliphatic carbocycles. The first-order chi connectivity index (χ1) is 7.63. The van der Waals surface area contributed by atoms with Crippen molar-refractivity contribution in [3.63, 3.8) is 0 Å². The Morgan fingerprint density at radius 3 is 2.50 bits per heavy atom. The van der Waals surface area contributed by atoms with Crippen molar-refractivity contribution in [2.24, 2.45) is 0 Å². The van der Waals surface area contributed by atoms with E-state index in [-0.39, 0.29) is 6.79 Å². The van der Waals surface area contributed by atoms with Crippen molar-refractivity contribution in [1.82, 2.24) is 0 Å². The summed E-state index contributed by atoms with van der Waals surface area (Å²) in [7, 11) is 1.55. The third-order valence-corrected chi connectivity index (χ3v) is 1.99. The molecule has 16 heavy (non-hydrogen) atoms. The summed E-state index contributed by atoms with van der Waals surface area (Å²) in [5.74, 6) is -0.258. The van der Waals surface area contributed by atoms with Crippen LogP contribution in [0.3, 0.4) is 0 Å². The Morgan fingerprint density at radius 2 is 2.00 bits per heavy atom. The molecule has 0 unspecified atom stereocenters. The van der Waals surface area contributed by atoms with Gasteiger partial charge in [0.05, 0.1) is 0 Å². The van der Waals surface area contributed by atoms with Gasteiger partial charge in [0.15, 0.2) is 6.79 Å². The minimum Gasteiger partial charge on any atom is -0.478 e. The molecule has 4 nitrogen and oxygen atoms in total. The van der Waals surface area contributed by atoms with Gasteiger partial charge >= 0.3 is 5.97 Å². The smallest absolute Gasteiger partial charge is 0.328 e. The van der Waals surface area contributed by atoms with E-state index in [0.717, 1.165) is 5.56 Å². The maximum absolute atomic E-state index is 10.5. The number of carboxylic acid groups (broad SMARTS) is 1. The molecule has 0 bridgehead atoms. The lowest BCUT2D eigenvalue weighted by molar-refractivity contribution is -0.131. The summed E-state index contributed by atoms with van der Waals surface area (Å²) in [6.45, 7) is 1.95. The van der Waals surface area contributed by atoms with Crippen LogP contribution < -0.4 is 4.74 Å². The van der Waals surface area contributed by atoms with Crippen molar-refractivity contribution in [2.45, 2.75) is 6.92 Å². The van der Waals surface area contributed by atoms with E-state index < -0.39 is 5.97 Å². The van der Waals surface area contributed by atoms with Crippen LogP contribution in [0.2, 0.25) is 0 Å². The fourth-order valence-electron chi connectivity index (χ4n) is 1.21. The first kappa shape index (κ1) is 12.3. The second kappa shape index (κ2) is 5.92. The predicted octanol–water partition coefficient (Wildman–Crippen LogP) is 2.16. The molecule has 0 aromatic heterocycles. The number of carboxylic acids is 1. The molecule has 0 aliphatic rings. The fourth-order valence-corrected chi connectivity index (χ4v) is 1.21. The molecule has 1 aromatic carbocycles. The van der Waals surface area contributed by atoms with Gasteiger partial charge in [0.1, 0.15) is 5.75 Å². The third-order valence-electron chi connectivity index (χ3n) is 1.99. The largest absolute Gasteiger partial charge is 0.478 e. The highest BCUT2D eigenvalue weighted by Gasteiger charge is 1.99. The van der Waals surface area contributed by atoms with Crippen molar-refractivity contribution in [2.75, 3.05) is 13.9 Å². The molecule has 0 saturated carbocycles. The van der Waals surface area contributed by atoms with Crippen LogP contribution in [0.15, 0.2) is 30.3 Å². The van der Waals surface area contributed by atoms with E-state index in [1.165, 1.54) is 6.08 Å². The lowest BCUT2D eigenvalue weighted by Gasteiger charge is -2.05. The number of aliphatic carboxylic acids is 1. The topological polar surface area (TPSA) is 55.8 Å². The van der Waals surface area contributed by atoms with E-state index in [0.29, 0.717) is 11.3 Å². The maximum atomic E-state index is 10.5. The normalized spacial score (nSPS) is 11.2. The number of hydrogen-bond acceptors (Lipinski definition) is 3. The number of methoxy groups -OCH3 is 1. The molecular formula is C12H14O4. The van der Waals surface area contributed by atoms with Gasteiger partial charge in [-0.2, -0.15) is 0 Å². The highest BCUT2D eigenvalue weighted by atomic mass is 16.7. The summed E-state index contributed by atoms with van der Waals surface area (Å²) in [5.41, 5.74) is 1.55. The van der Waals surface area contributed by atoms with Gasteiger partial charge < -0.3 is 14.6 Å². The standard InChI is InChI=1S/C12H14O4/c1-9(7-12(13)14)10-3-5-11(6-4-10)16-8-15-2/h3-7H,8H2,1-2H3,(H,13,14). The molecule has 0 heterocycles. The lowest BCUT2D eigenvalue weighted by Crippen LogP contribution is -1.98. The van der Waals surface area contributed by atoms with Gasteiger partial charge in [-0.1, -0.05) is 12.1 Å². The minimum atomic E-state index is -0.947. The zero-order chi connectivity index (χ0) is 12.0. The van der Waals surface area contributed by atoms with E-state index in [9.17, 15) is 4.79 Å². The molecule has 0 fully saturated rings. The predicted molar refractivity (Wildman–Crippen MR) is 60.2 cm³/mol. The second-order valence-electron chi connectivity index (χ2n) is 3.24. The Labute approximate surface area is 94.1 Å². The van der Waals surface area contributed by atoms with Crippen LogP contribution in [0.4, 0.5) is 0 Å². The van der Waals surface area contributed by atoms with Crippen LogP contribution in [0.5, 0.6) is 5.75 Å². The van der Waals surface area contributed by atoms with Crippen LogP contribution in [-0.2, 0) is 9.53 Å². The van der Waals surface area contributed by atoms with Crippen molar-refractivity contribution in [3.8, 4) is 5.75 Å². The zero-order valence-corrected chi connectivity index (χ0v) is 9.27. The van der Waals surface area contributed by atoms with Crippen molar-refractivity contribution in [1.29, 1.82) is 0 Å². The van der Waals surface area contributed by atoms with Crippen molar-refractivity contribution >= 4 is 11.5 Å². The molecule has 86 valence electrons. The molecule has 4 heteroatoms. The Balaban J connectivity index is 2.74. The molecule has 1 rings (SSSR count). The molecule has 0 radical (unpaired) electrons. The molecule has 0 spiro atoms. The van der Waals surface area contributed by atoms with Gasteiger partial charge in [-0.25, -0.2) is 4.79 Å².